The van der Waals surface area contributed by atoms with Gasteiger partial charge < -0.3 is 5.32 Å². The SMILES string of the molecule is CS(=O)(=O)[C@H]1CCC[C@@H](Nc2c(F)cc(C#N)cc2F)C1. The Kier molecular flexibility index (Phi) is 4.47. The number of nitriles is 1. The Bertz CT molecular complexity index is 660. The fourth-order valence-electron chi connectivity index (χ4n) is 2.64. The van der Waals surface area contributed by atoms with Crippen LogP contribution in [0.15, 0.2) is 12.1 Å². The molecule has 0 bridgehead atoms. The van der Waals surface area contributed by atoms with Crippen LogP contribution < -0.4 is 5.32 Å². The molecular formula is C14H16F2N2O2S. The van der Waals surface area contributed by atoms with Crippen molar-refractivity contribution in [3.63, 3.8) is 0 Å². The van der Waals surface area contributed by atoms with E-state index < -0.39 is 26.7 Å². The molecule has 0 heterocycles. The van der Waals surface area contributed by atoms with Crippen LogP contribution >= 0.6 is 0 Å². The highest BCUT2D eigenvalue weighted by Crippen LogP contribution is 2.28. The largest absolute Gasteiger partial charge is 0.378 e. The first kappa shape index (κ1) is 15.7. The summed E-state index contributed by atoms with van der Waals surface area (Å²) in [5.41, 5.74) is -0.388. The maximum Gasteiger partial charge on any atom is 0.150 e. The molecule has 0 unspecified atom stereocenters. The number of halogens is 2. The molecule has 0 amide bonds. The Morgan fingerprint density at radius 3 is 2.43 bits per heavy atom. The molecule has 0 radical (unpaired) electrons. The third-order valence-electron chi connectivity index (χ3n) is 3.75. The van der Waals surface area contributed by atoms with Crippen LogP contribution in [-0.4, -0.2) is 26.0 Å². The molecule has 2 atom stereocenters. The molecule has 21 heavy (non-hydrogen) atoms. The Morgan fingerprint density at radius 2 is 1.90 bits per heavy atom. The summed E-state index contributed by atoms with van der Waals surface area (Å²) in [5, 5.41) is 10.9. The number of hydrogen-bond donors (Lipinski definition) is 1. The average molecular weight is 314 g/mol. The van der Waals surface area contributed by atoms with Gasteiger partial charge in [0.25, 0.3) is 0 Å². The molecular weight excluding hydrogens is 298 g/mol. The van der Waals surface area contributed by atoms with E-state index >= 15 is 0 Å². The first-order valence-corrected chi connectivity index (χ1v) is 8.61. The molecule has 1 aliphatic carbocycles. The zero-order valence-electron chi connectivity index (χ0n) is 11.6. The van der Waals surface area contributed by atoms with Gasteiger partial charge in [0, 0.05) is 12.3 Å². The third kappa shape index (κ3) is 3.70. The Morgan fingerprint density at radius 1 is 1.29 bits per heavy atom. The zero-order chi connectivity index (χ0) is 15.6. The van der Waals surface area contributed by atoms with Crippen molar-refractivity contribution in [1.29, 1.82) is 5.26 Å². The minimum Gasteiger partial charge on any atom is -0.378 e. The second-order valence-electron chi connectivity index (χ2n) is 5.39. The summed E-state index contributed by atoms with van der Waals surface area (Å²) in [5.74, 6) is -1.68. The van der Waals surface area contributed by atoms with Crippen LogP contribution in [0.5, 0.6) is 0 Å². The van der Waals surface area contributed by atoms with Crippen LogP contribution in [0.25, 0.3) is 0 Å². The molecule has 0 saturated heterocycles. The van der Waals surface area contributed by atoms with Crippen LogP contribution in [-0.2, 0) is 9.84 Å². The van der Waals surface area contributed by atoms with Gasteiger partial charge in [0.2, 0.25) is 0 Å². The molecule has 1 aliphatic rings. The number of rotatable bonds is 3. The third-order valence-corrected chi connectivity index (χ3v) is 5.39. The number of sulfone groups is 1. The summed E-state index contributed by atoms with van der Waals surface area (Å²) in [6.07, 6.45) is 3.44. The maximum atomic E-state index is 13.8. The van der Waals surface area contributed by atoms with Gasteiger partial charge in [-0.3, -0.25) is 0 Å². The summed E-state index contributed by atoms with van der Waals surface area (Å²) in [4.78, 5) is 0. The van der Waals surface area contributed by atoms with Crippen molar-refractivity contribution in [2.45, 2.75) is 37.0 Å². The lowest BCUT2D eigenvalue weighted by Gasteiger charge is -2.29. The maximum absolute atomic E-state index is 13.8. The van der Waals surface area contributed by atoms with Gasteiger partial charge in [0.15, 0.2) is 11.6 Å². The molecule has 1 aromatic carbocycles. The fourth-order valence-corrected chi connectivity index (χ4v) is 3.82. The Balaban J connectivity index is 2.17. The summed E-state index contributed by atoms with van der Waals surface area (Å²) >= 11 is 0. The highest BCUT2D eigenvalue weighted by Gasteiger charge is 2.29. The number of nitrogens with zero attached hydrogens (tertiary/aromatic N) is 1. The van der Waals surface area contributed by atoms with Crippen LogP contribution in [0, 0.1) is 23.0 Å². The molecule has 0 aliphatic heterocycles. The summed E-state index contributed by atoms with van der Waals surface area (Å²) in [7, 11) is -3.15. The van der Waals surface area contributed by atoms with E-state index in [1.54, 1.807) is 6.07 Å². The van der Waals surface area contributed by atoms with E-state index in [-0.39, 0.29) is 17.3 Å². The van der Waals surface area contributed by atoms with Gasteiger partial charge in [-0.15, -0.1) is 0 Å². The van der Waals surface area contributed by atoms with Gasteiger partial charge in [0.05, 0.1) is 16.9 Å². The summed E-state index contributed by atoms with van der Waals surface area (Å²) in [6, 6.07) is 3.30. The van der Waals surface area contributed by atoms with E-state index in [2.05, 4.69) is 5.32 Å². The molecule has 1 aromatic rings. The van der Waals surface area contributed by atoms with Crippen molar-refractivity contribution in [2.24, 2.45) is 0 Å². The van der Waals surface area contributed by atoms with Gasteiger partial charge in [-0.1, -0.05) is 6.42 Å². The molecule has 114 valence electrons. The second kappa shape index (κ2) is 5.98. The Hall–Kier alpha value is -1.68. The fraction of sp³-hybridized carbons (Fsp3) is 0.500. The predicted octanol–water partition coefficient (Wildman–Crippen LogP) is 2.60. The van der Waals surface area contributed by atoms with E-state index in [1.807, 2.05) is 0 Å². The average Bonchev–Trinajstić information content (AvgIpc) is 2.42. The van der Waals surface area contributed by atoms with E-state index in [4.69, 9.17) is 5.26 Å². The molecule has 0 spiro atoms. The lowest BCUT2D eigenvalue weighted by Crippen LogP contribution is -2.34. The zero-order valence-corrected chi connectivity index (χ0v) is 12.4. The van der Waals surface area contributed by atoms with Crippen LogP contribution in [0.3, 0.4) is 0 Å². The lowest BCUT2D eigenvalue weighted by atomic mass is 9.94. The van der Waals surface area contributed by atoms with Crippen molar-refractivity contribution in [1.82, 2.24) is 0 Å². The first-order chi connectivity index (χ1) is 9.81. The highest BCUT2D eigenvalue weighted by atomic mass is 32.2. The van der Waals surface area contributed by atoms with Crippen molar-refractivity contribution >= 4 is 15.5 Å². The van der Waals surface area contributed by atoms with Crippen molar-refractivity contribution in [3.05, 3.63) is 29.3 Å². The lowest BCUT2D eigenvalue weighted by molar-refractivity contribution is 0.449. The van der Waals surface area contributed by atoms with Gasteiger partial charge in [0.1, 0.15) is 15.5 Å². The second-order valence-corrected chi connectivity index (χ2v) is 7.71. The van der Waals surface area contributed by atoms with E-state index in [0.29, 0.717) is 25.7 Å². The number of hydrogen-bond acceptors (Lipinski definition) is 4. The van der Waals surface area contributed by atoms with Gasteiger partial charge >= 0.3 is 0 Å². The van der Waals surface area contributed by atoms with Gasteiger partial charge in [-0.25, -0.2) is 17.2 Å². The normalized spacial score (nSPS) is 22.6. The molecule has 1 N–H and O–H groups in total. The van der Waals surface area contributed by atoms with Crippen molar-refractivity contribution < 1.29 is 17.2 Å². The summed E-state index contributed by atoms with van der Waals surface area (Å²) < 4.78 is 50.8. The van der Waals surface area contributed by atoms with Crippen LogP contribution in [0.4, 0.5) is 14.5 Å². The smallest absolute Gasteiger partial charge is 0.150 e. The molecule has 1 fully saturated rings. The molecule has 1 saturated carbocycles. The van der Waals surface area contributed by atoms with Crippen molar-refractivity contribution in [3.8, 4) is 6.07 Å². The minimum absolute atomic E-state index is 0.0896. The number of anilines is 1. The number of nitrogens with one attached hydrogen (secondary N) is 1. The number of benzene rings is 1. The minimum atomic E-state index is -3.15. The Labute approximate surface area is 122 Å². The summed E-state index contributed by atoms with van der Waals surface area (Å²) in [6.45, 7) is 0. The predicted molar refractivity (Wildman–Crippen MR) is 75.6 cm³/mol. The molecule has 2 rings (SSSR count). The van der Waals surface area contributed by atoms with E-state index in [9.17, 15) is 17.2 Å². The van der Waals surface area contributed by atoms with Gasteiger partial charge in [-0.05, 0) is 31.4 Å². The molecule has 4 nitrogen and oxygen atoms in total. The quantitative estimate of drug-likeness (QED) is 0.931. The van der Waals surface area contributed by atoms with E-state index in [0.717, 1.165) is 12.1 Å². The standard InChI is InChI=1S/C14H16F2N2O2S/c1-21(19,20)11-4-2-3-10(7-11)18-14-12(15)5-9(8-17)6-13(14)16/h5-6,10-11,18H,2-4,7H2,1H3/t10-,11+/m1/s1. The first-order valence-electron chi connectivity index (χ1n) is 6.66. The monoisotopic (exact) mass is 314 g/mol. The van der Waals surface area contributed by atoms with Crippen molar-refractivity contribution in [2.75, 3.05) is 11.6 Å². The molecule has 0 aromatic heterocycles. The molecule has 7 heteroatoms. The van der Waals surface area contributed by atoms with Crippen LogP contribution in [0.1, 0.15) is 31.2 Å². The van der Waals surface area contributed by atoms with Gasteiger partial charge in [-0.2, -0.15) is 5.26 Å². The van der Waals surface area contributed by atoms with Crippen LogP contribution in [0.2, 0.25) is 0 Å². The highest BCUT2D eigenvalue weighted by molar-refractivity contribution is 7.91. The topological polar surface area (TPSA) is 70.0 Å². The van der Waals surface area contributed by atoms with E-state index in [1.165, 1.54) is 6.26 Å².